The number of likely N-dealkylation sites (N-methyl/N-ethyl adjacent to an activating group) is 1. The highest BCUT2D eigenvalue weighted by atomic mass is 32.1. The molecular formula is C14H22N2O2S. The van der Waals surface area contributed by atoms with E-state index < -0.39 is 5.60 Å². The second-order valence-electron chi connectivity index (χ2n) is 5.23. The molecule has 0 fully saturated rings. The van der Waals surface area contributed by atoms with Crippen LogP contribution in [0.2, 0.25) is 0 Å². The third-order valence-corrected chi connectivity index (χ3v) is 3.43. The fourth-order valence-corrected chi connectivity index (χ4v) is 2.55. The Bertz CT molecular complexity index is 450. The monoisotopic (exact) mass is 282 g/mol. The first-order chi connectivity index (χ1) is 8.78. The first-order valence-electron chi connectivity index (χ1n) is 6.18. The SMILES string of the molecule is Cc1ccc(/C=C/C(=O)NCC(C)(O)CN(C)C)s1. The van der Waals surface area contributed by atoms with Crippen molar-refractivity contribution in [1.82, 2.24) is 10.2 Å². The first kappa shape index (κ1) is 15.9. The molecule has 0 spiro atoms. The van der Waals surface area contributed by atoms with Crippen LogP contribution in [0.4, 0.5) is 0 Å². The lowest BCUT2D eigenvalue weighted by Gasteiger charge is -2.26. The van der Waals surface area contributed by atoms with E-state index in [9.17, 15) is 9.90 Å². The number of nitrogens with one attached hydrogen (secondary N) is 1. The Kier molecular flexibility index (Phi) is 5.72. The van der Waals surface area contributed by atoms with E-state index in [1.807, 2.05) is 38.1 Å². The molecule has 0 saturated carbocycles. The Labute approximate surface area is 118 Å². The van der Waals surface area contributed by atoms with Gasteiger partial charge in [0.15, 0.2) is 0 Å². The third kappa shape index (κ3) is 6.52. The Morgan fingerprint density at radius 3 is 2.74 bits per heavy atom. The summed E-state index contributed by atoms with van der Waals surface area (Å²) < 4.78 is 0. The quantitative estimate of drug-likeness (QED) is 0.778. The number of hydrogen-bond donors (Lipinski definition) is 2. The molecule has 106 valence electrons. The molecule has 1 aromatic heterocycles. The van der Waals surface area contributed by atoms with Crippen molar-refractivity contribution in [3.8, 4) is 0 Å². The molecule has 0 saturated heterocycles. The zero-order valence-corrected chi connectivity index (χ0v) is 12.8. The fraction of sp³-hybridized carbons (Fsp3) is 0.500. The standard InChI is InChI=1S/C14H22N2O2S/c1-11-5-6-12(19-11)7-8-13(17)15-9-14(2,18)10-16(3)4/h5-8,18H,9-10H2,1-4H3,(H,15,17)/b8-7+. The van der Waals surface area contributed by atoms with Gasteiger partial charge in [0.25, 0.3) is 0 Å². The molecule has 1 heterocycles. The van der Waals surface area contributed by atoms with Gasteiger partial charge in [-0.1, -0.05) is 0 Å². The zero-order valence-electron chi connectivity index (χ0n) is 11.9. The maximum absolute atomic E-state index is 11.6. The predicted molar refractivity (Wildman–Crippen MR) is 80.3 cm³/mol. The molecule has 1 aromatic rings. The minimum Gasteiger partial charge on any atom is -0.387 e. The molecule has 0 aliphatic heterocycles. The molecule has 0 aromatic carbocycles. The van der Waals surface area contributed by atoms with Crippen molar-refractivity contribution < 1.29 is 9.90 Å². The maximum Gasteiger partial charge on any atom is 0.244 e. The van der Waals surface area contributed by atoms with Gasteiger partial charge >= 0.3 is 0 Å². The summed E-state index contributed by atoms with van der Waals surface area (Å²) >= 11 is 1.64. The Morgan fingerprint density at radius 1 is 1.53 bits per heavy atom. The number of carbonyl (C=O) groups excluding carboxylic acids is 1. The van der Waals surface area contributed by atoms with E-state index in [0.29, 0.717) is 6.54 Å². The molecule has 1 atom stereocenters. The molecule has 19 heavy (non-hydrogen) atoms. The van der Waals surface area contributed by atoms with Gasteiger partial charge in [-0.2, -0.15) is 0 Å². The Balaban J connectivity index is 2.41. The summed E-state index contributed by atoms with van der Waals surface area (Å²) in [5, 5.41) is 12.8. The molecule has 1 unspecified atom stereocenters. The van der Waals surface area contributed by atoms with Gasteiger partial charge in [0.1, 0.15) is 0 Å². The largest absolute Gasteiger partial charge is 0.387 e. The average molecular weight is 282 g/mol. The maximum atomic E-state index is 11.6. The van der Waals surface area contributed by atoms with Gasteiger partial charge in [-0.05, 0) is 46.2 Å². The van der Waals surface area contributed by atoms with Gasteiger partial charge in [0, 0.05) is 28.9 Å². The van der Waals surface area contributed by atoms with Gasteiger partial charge in [0.2, 0.25) is 5.91 Å². The summed E-state index contributed by atoms with van der Waals surface area (Å²) in [5.41, 5.74) is -0.924. The van der Waals surface area contributed by atoms with E-state index in [-0.39, 0.29) is 12.5 Å². The normalized spacial score (nSPS) is 14.8. The van der Waals surface area contributed by atoms with Crippen LogP contribution in [0, 0.1) is 6.92 Å². The van der Waals surface area contributed by atoms with Crippen molar-refractivity contribution in [3.63, 3.8) is 0 Å². The number of amides is 1. The summed E-state index contributed by atoms with van der Waals surface area (Å²) in [5.74, 6) is -0.190. The number of carbonyl (C=O) groups is 1. The Morgan fingerprint density at radius 2 is 2.21 bits per heavy atom. The van der Waals surface area contributed by atoms with Crippen LogP contribution in [0.5, 0.6) is 0 Å². The van der Waals surface area contributed by atoms with Gasteiger partial charge in [-0.15, -0.1) is 11.3 Å². The molecule has 1 rings (SSSR count). The molecular weight excluding hydrogens is 260 g/mol. The van der Waals surface area contributed by atoms with Crippen LogP contribution in [0.25, 0.3) is 6.08 Å². The zero-order chi connectivity index (χ0) is 14.5. The number of rotatable bonds is 6. The van der Waals surface area contributed by atoms with Gasteiger partial charge in [-0.25, -0.2) is 0 Å². The molecule has 0 bridgehead atoms. The smallest absolute Gasteiger partial charge is 0.244 e. The van der Waals surface area contributed by atoms with Crippen LogP contribution in [-0.2, 0) is 4.79 Å². The molecule has 1 amide bonds. The lowest BCUT2D eigenvalue weighted by atomic mass is 10.1. The van der Waals surface area contributed by atoms with Gasteiger partial charge in [-0.3, -0.25) is 4.79 Å². The number of hydrogen-bond acceptors (Lipinski definition) is 4. The third-order valence-electron chi connectivity index (χ3n) is 2.46. The van der Waals surface area contributed by atoms with Crippen molar-refractivity contribution in [1.29, 1.82) is 0 Å². The highest BCUT2D eigenvalue weighted by Crippen LogP contribution is 2.16. The molecule has 0 radical (unpaired) electrons. The fourth-order valence-electron chi connectivity index (χ4n) is 1.77. The van der Waals surface area contributed by atoms with E-state index in [1.54, 1.807) is 24.3 Å². The van der Waals surface area contributed by atoms with E-state index >= 15 is 0 Å². The number of aliphatic hydroxyl groups is 1. The summed E-state index contributed by atoms with van der Waals surface area (Å²) in [6, 6.07) is 4.00. The summed E-state index contributed by atoms with van der Waals surface area (Å²) in [4.78, 5) is 15.8. The molecule has 0 aliphatic rings. The topological polar surface area (TPSA) is 52.6 Å². The van der Waals surface area contributed by atoms with Crippen molar-refractivity contribution >= 4 is 23.3 Å². The number of thiophene rings is 1. The molecule has 2 N–H and O–H groups in total. The van der Waals surface area contributed by atoms with Crippen LogP contribution >= 0.6 is 11.3 Å². The van der Waals surface area contributed by atoms with E-state index in [0.717, 1.165) is 4.88 Å². The van der Waals surface area contributed by atoms with E-state index in [4.69, 9.17) is 0 Å². The van der Waals surface area contributed by atoms with Crippen molar-refractivity contribution in [2.45, 2.75) is 19.4 Å². The van der Waals surface area contributed by atoms with E-state index in [1.165, 1.54) is 11.0 Å². The lowest BCUT2D eigenvalue weighted by Crippen LogP contribution is -2.46. The molecule has 4 nitrogen and oxygen atoms in total. The van der Waals surface area contributed by atoms with Crippen molar-refractivity contribution in [2.75, 3.05) is 27.2 Å². The predicted octanol–water partition coefficient (Wildman–Crippen LogP) is 1.50. The van der Waals surface area contributed by atoms with E-state index in [2.05, 4.69) is 5.32 Å². The Hall–Kier alpha value is -1.17. The lowest BCUT2D eigenvalue weighted by molar-refractivity contribution is -0.117. The molecule has 5 heteroatoms. The second kappa shape index (κ2) is 6.84. The van der Waals surface area contributed by atoms with Gasteiger partial charge < -0.3 is 15.3 Å². The minimum absolute atomic E-state index is 0.190. The number of nitrogens with zero attached hydrogens (tertiary/aromatic N) is 1. The summed E-state index contributed by atoms with van der Waals surface area (Å²) in [6.45, 7) is 4.47. The highest BCUT2D eigenvalue weighted by molar-refractivity contribution is 7.12. The highest BCUT2D eigenvalue weighted by Gasteiger charge is 2.21. The van der Waals surface area contributed by atoms with Crippen LogP contribution in [0.1, 0.15) is 16.7 Å². The summed E-state index contributed by atoms with van der Waals surface area (Å²) in [7, 11) is 3.77. The van der Waals surface area contributed by atoms with Crippen molar-refractivity contribution in [2.24, 2.45) is 0 Å². The minimum atomic E-state index is -0.924. The van der Waals surface area contributed by atoms with Crippen LogP contribution < -0.4 is 5.32 Å². The summed E-state index contributed by atoms with van der Waals surface area (Å²) in [6.07, 6.45) is 3.28. The van der Waals surface area contributed by atoms with Crippen LogP contribution in [0.3, 0.4) is 0 Å². The number of aryl methyl sites for hydroxylation is 1. The second-order valence-corrected chi connectivity index (χ2v) is 6.55. The van der Waals surface area contributed by atoms with Crippen LogP contribution in [0.15, 0.2) is 18.2 Å². The van der Waals surface area contributed by atoms with Crippen LogP contribution in [-0.4, -0.2) is 48.7 Å². The van der Waals surface area contributed by atoms with Gasteiger partial charge in [0.05, 0.1) is 5.60 Å². The average Bonchev–Trinajstić information content (AvgIpc) is 2.68. The molecule has 0 aliphatic carbocycles. The first-order valence-corrected chi connectivity index (χ1v) is 7.00. The van der Waals surface area contributed by atoms with Crippen molar-refractivity contribution in [3.05, 3.63) is 28.0 Å².